The highest BCUT2D eigenvalue weighted by molar-refractivity contribution is 5.05. The Morgan fingerprint density at radius 2 is 2.11 bits per heavy atom. The van der Waals surface area contributed by atoms with Crippen LogP contribution in [0.5, 0.6) is 0 Å². The first-order valence-electron chi connectivity index (χ1n) is 7.02. The van der Waals surface area contributed by atoms with Crippen LogP contribution in [0.25, 0.3) is 0 Å². The minimum atomic E-state index is -0.435. The largest absolute Gasteiger partial charge is 0.381 e. The number of hydrogen-bond acceptors (Lipinski definition) is 4. The molecular formula is C14H27N3O. The van der Waals surface area contributed by atoms with Crippen LogP contribution < -0.4 is 5.32 Å². The Balaban J connectivity index is 2.36. The van der Waals surface area contributed by atoms with Crippen LogP contribution in [-0.4, -0.2) is 50.3 Å². The molecule has 0 radical (unpaired) electrons. The number of nitriles is 1. The Morgan fingerprint density at radius 3 is 2.67 bits per heavy atom. The average Bonchev–Trinajstić information content (AvgIpc) is 2.37. The number of nitrogens with zero attached hydrogens (tertiary/aromatic N) is 2. The molecule has 1 fully saturated rings. The molecule has 0 aromatic carbocycles. The van der Waals surface area contributed by atoms with E-state index in [9.17, 15) is 5.26 Å². The molecule has 4 heteroatoms. The summed E-state index contributed by atoms with van der Waals surface area (Å²) in [4.78, 5) is 2.28. The Bertz CT molecular complexity index is 271. The summed E-state index contributed by atoms with van der Waals surface area (Å²) in [5.41, 5.74) is -0.435. The van der Waals surface area contributed by atoms with E-state index < -0.39 is 5.54 Å². The van der Waals surface area contributed by atoms with Crippen molar-refractivity contribution in [2.45, 2.75) is 38.6 Å². The zero-order chi connectivity index (χ0) is 13.4. The van der Waals surface area contributed by atoms with Crippen LogP contribution >= 0.6 is 0 Å². The van der Waals surface area contributed by atoms with Crippen molar-refractivity contribution in [3.8, 4) is 6.07 Å². The predicted octanol–water partition coefficient (Wildman–Crippen LogP) is 1.63. The molecule has 1 rings (SSSR count). The van der Waals surface area contributed by atoms with Crippen LogP contribution in [0.1, 0.15) is 33.1 Å². The first kappa shape index (κ1) is 15.4. The van der Waals surface area contributed by atoms with Gasteiger partial charge in [-0.3, -0.25) is 5.32 Å². The average molecular weight is 253 g/mol. The SMILES string of the molecule is CCCNC(C)(C#N)CN(C)CC1CCOCC1. The maximum Gasteiger partial charge on any atom is 0.116 e. The lowest BCUT2D eigenvalue weighted by atomic mass is 9.98. The second-order valence-electron chi connectivity index (χ2n) is 5.62. The summed E-state index contributed by atoms with van der Waals surface area (Å²) in [5.74, 6) is 0.720. The van der Waals surface area contributed by atoms with Crippen LogP contribution in [-0.2, 0) is 4.74 Å². The van der Waals surface area contributed by atoms with Gasteiger partial charge in [-0.2, -0.15) is 5.26 Å². The first-order chi connectivity index (χ1) is 8.59. The van der Waals surface area contributed by atoms with E-state index in [0.717, 1.165) is 58.0 Å². The molecular weight excluding hydrogens is 226 g/mol. The monoisotopic (exact) mass is 253 g/mol. The van der Waals surface area contributed by atoms with Crippen LogP contribution in [0.15, 0.2) is 0 Å². The van der Waals surface area contributed by atoms with E-state index >= 15 is 0 Å². The summed E-state index contributed by atoms with van der Waals surface area (Å²) < 4.78 is 5.37. The zero-order valence-corrected chi connectivity index (χ0v) is 12.0. The van der Waals surface area contributed by atoms with Crippen molar-refractivity contribution in [3.05, 3.63) is 0 Å². The lowest BCUT2D eigenvalue weighted by molar-refractivity contribution is 0.0538. The third kappa shape index (κ3) is 5.34. The highest BCUT2D eigenvalue weighted by Gasteiger charge is 2.26. The van der Waals surface area contributed by atoms with Crippen molar-refractivity contribution >= 4 is 0 Å². The molecule has 0 amide bonds. The van der Waals surface area contributed by atoms with Crippen molar-refractivity contribution in [2.75, 3.05) is 39.9 Å². The molecule has 1 unspecified atom stereocenters. The highest BCUT2D eigenvalue weighted by atomic mass is 16.5. The van der Waals surface area contributed by atoms with Gasteiger partial charge in [-0.1, -0.05) is 6.92 Å². The van der Waals surface area contributed by atoms with Crippen LogP contribution in [0, 0.1) is 17.2 Å². The quantitative estimate of drug-likeness (QED) is 0.749. The third-order valence-electron chi connectivity index (χ3n) is 3.51. The van der Waals surface area contributed by atoms with Crippen LogP contribution in [0.4, 0.5) is 0 Å². The molecule has 0 aromatic heterocycles. The fourth-order valence-electron chi connectivity index (χ4n) is 2.51. The van der Waals surface area contributed by atoms with Crippen molar-refractivity contribution in [2.24, 2.45) is 5.92 Å². The number of hydrogen-bond donors (Lipinski definition) is 1. The lowest BCUT2D eigenvalue weighted by Crippen LogP contribution is -2.50. The first-order valence-corrected chi connectivity index (χ1v) is 7.02. The van der Waals surface area contributed by atoms with Crippen molar-refractivity contribution in [1.82, 2.24) is 10.2 Å². The number of rotatable bonds is 7. The molecule has 18 heavy (non-hydrogen) atoms. The minimum Gasteiger partial charge on any atom is -0.381 e. The van der Waals surface area contributed by atoms with E-state index in [-0.39, 0.29) is 0 Å². The minimum absolute atomic E-state index is 0.435. The fraction of sp³-hybridized carbons (Fsp3) is 0.929. The molecule has 104 valence electrons. The second-order valence-corrected chi connectivity index (χ2v) is 5.62. The van der Waals surface area contributed by atoms with Crippen molar-refractivity contribution < 1.29 is 4.74 Å². The van der Waals surface area contributed by atoms with Crippen molar-refractivity contribution in [3.63, 3.8) is 0 Å². The lowest BCUT2D eigenvalue weighted by Gasteiger charge is -2.32. The Morgan fingerprint density at radius 1 is 1.44 bits per heavy atom. The summed E-state index contributed by atoms with van der Waals surface area (Å²) in [6, 6.07) is 2.40. The van der Waals surface area contributed by atoms with Gasteiger partial charge in [0.15, 0.2) is 0 Å². The molecule has 0 aromatic rings. The standard InChI is InChI=1S/C14H27N3O/c1-4-7-16-14(2,11-15)12-17(3)10-13-5-8-18-9-6-13/h13,16H,4-10,12H2,1-3H3. The molecule has 1 atom stereocenters. The zero-order valence-electron chi connectivity index (χ0n) is 12.0. The molecule has 1 aliphatic rings. The smallest absolute Gasteiger partial charge is 0.116 e. The van der Waals surface area contributed by atoms with Gasteiger partial charge >= 0.3 is 0 Å². The van der Waals surface area contributed by atoms with Crippen LogP contribution in [0.2, 0.25) is 0 Å². The van der Waals surface area contributed by atoms with Crippen LogP contribution in [0.3, 0.4) is 0 Å². The van der Waals surface area contributed by atoms with Gasteiger partial charge in [0.25, 0.3) is 0 Å². The second kappa shape index (κ2) is 7.73. The Labute approximate surface area is 111 Å². The van der Waals surface area contributed by atoms with Gasteiger partial charge in [0.1, 0.15) is 5.54 Å². The van der Waals surface area contributed by atoms with E-state index in [0.29, 0.717) is 0 Å². The third-order valence-corrected chi connectivity index (χ3v) is 3.51. The van der Waals surface area contributed by atoms with E-state index in [1.807, 2.05) is 6.92 Å². The summed E-state index contributed by atoms with van der Waals surface area (Å²) in [5, 5.41) is 12.6. The Kier molecular flexibility index (Phi) is 6.62. The van der Waals surface area contributed by atoms with Crippen molar-refractivity contribution in [1.29, 1.82) is 5.26 Å². The maximum absolute atomic E-state index is 9.31. The normalized spacial score (nSPS) is 20.6. The maximum atomic E-state index is 9.31. The molecule has 4 nitrogen and oxygen atoms in total. The fourth-order valence-corrected chi connectivity index (χ4v) is 2.51. The van der Waals surface area contributed by atoms with E-state index in [2.05, 4.69) is 30.3 Å². The molecule has 1 saturated heterocycles. The molecule has 0 aliphatic carbocycles. The molecule has 0 saturated carbocycles. The predicted molar refractivity (Wildman–Crippen MR) is 73.4 cm³/mol. The van der Waals surface area contributed by atoms with Gasteiger partial charge in [0, 0.05) is 26.3 Å². The van der Waals surface area contributed by atoms with E-state index in [4.69, 9.17) is 4.74 Å². The summed E-state index contributed by atoms with van der Waals surface area (Å²) in [6.45, 7) is 8.63. The van der Waals surface area contributed by atoms with Gasteiger partial charge in [-0.05, 0) is 45.7 Å². The number of likely N-dealkylation sites (N-methyl/N-ethyl adjacent to an activating group) is 1. The molecule has 0 bridgehead atoms. The Hall–Kier alpha value is -0.630. The summed E-state index contributed by atoms with van der Waals surface area (Å²) >= 11 is 0. The summed E-state index contributed by atoms with van der Waals surface area (Å²) in [7, 11) is 2.11. The van der Waals surface area contributed by atoms with Gasteiger partial charge < -0.3 is 9.64 Å². The number of nitrogens with one attached hydrogen (secondary N) is 1. The van der Waals surface area contributed by atoms with E-state index in [1.54, 1.807) is 0 Å². The van der Waals surface area contributed by atoms with Gasteiger partial charge in [0.2, 0.25) is 0 Å². The highest BCUT2D eigenvalue weighted by Crippen LogP contribution is 2.16. The molecule has 1 N–H and O–H groups in total. The molecule has 1 heterocycles. The number of ether oxygens (including phenoxy) is 1. The molecule has 1 aliphatic heterocycles. The van der Waals surface area contributed by atoms with Gasteiger partial charge in [-0.15, -0.1) is 0 Å². The summed E-state index contributed by atoms with van der Waals surface area (Å²) in [6.07, 6.45) is 3.35. The van der Waals surface area contributed by atoms with Gasteiger partial charge in [-0.25, -0.2) is 0 Å². The molecule has 0 spiro atoms. The topological polar surface area (TPSA) is 48.3 Å². The van der Waals surface area contributed by atoms with Gasteiger partial charge in [0.05, 0.1) is 6.07 Å². The van der Waals surface area contributed by atoms with E-state index in [1.165, 1.54) is 0 Å².